The van der Waals surface area contributed by atoms with Crippen LogP contribution < -0.4 is 15.2 Å². The van der Waals surface area contributed by atoms with Crippen LogP contribution in [0.1, 0.15) is 6.42 Å². The molecule has 1 unspecified atom stereocenters. The van der Waals surface area contributed by atoms with Crippen LogP contribution in [0.3, 0.4) is 0 Å². The quantitative estimate of drug-likeness (QED) is 0.712. The first-order valence-corrected chi connectivity index (χ1v) is 7.96. The SMILES string of the molecule is COc1c(N2CCS(=O)(=O)CC2CC(=O)O)nc[nH]c1=O. The lowest BCUT2D eigenvalue weighted by atomic mass is 10.2. The van der Waals surface area contributed by atoms with Crippen LogP contribution >= 0.6 is 0 Å². The predicted molar refractivity (Wildman–Crippen MR) is 73.5 cm³/mol. The molecular weight excluding hydrogens is 302 g/mol. The van der Waals surface area contributed by atoms with Gasteiger partial charge in [-0.25, -0.2) is 13.4 Å². The first-order chi connectivity index (χ1) is 9.84. The van der Waals surface area contributed by atoms with Crippen LogP contribution in [0, 0.1) is 0 Å². The zero-order chi connectivity index (χ0) is 15.6. The van der Waals surface area contributed by atoms with E-state index in [-0.39, 0.29) is 36.0 Å². The minimum Gasteiger partial charge on any atom is -0.489 e. The number of anilines is 1. The van der Waals surface area contributed by atoms with E-state index in [1.165, 1.54) is 18.3 Å². The third-order valence-electron chi connectivity index (χ3n) is 3.21. The molecular formula is C11H15N3O6S. The summed E-state index contributed by atoms with van der Waals surface area (Å²) in [6.07, 6.45) is 0.804. The van der Waals surface area contributed by atoms with Crippen LogP contribution in [0.15, 0.2) is 11.1 Å². The third kappa shape index (κ3) is 3.32. The van der Waals surface area contributed by atoms with E-state index in [1.807, 2.05) is 0 Å². The number of sulfone groups is 1. The first kappa shape index (κ1) is 15.3. The molecule has 0 aromatic carbocycles. The van der Waals surface area contributed by atoms with Gasteiger partial charge in [0.1, 0.15) is 0 Å². The lowest BCUT2D eigenvalue weighted by Crippen LogP contribution is -2.50. The van der Waals surface area contributed by atoms with Crippen LogP contribution in [0.4, 0.5) is 5.82 Å². The second-order valence-corrected chi connectivity index (χ2v) is 6.88. The van der Waals surface area contributed by atoms with Crippen molar-refractivity contribution in [2.75, 3.05) is 30.1 Å². The van der Waals surface area contributed by atoms with Crippen LogP contribution in [0.2, 0.25) is 0 Å². The maximum absolute atomic E-state index is 11.7. The average Bonchev–Trinajstić information content (AvgIpc) is 2.37. The summed E-state index contributed by atoms with van der Waals surface area (Å²) in [5.41, 5.74) is -0.509. The van der Waals surface area contributed by atoms with Crippen LogP contribution in [0.5, 0.6) is 5.75 Å². The summed E-state index contributed by atoms with van der Waals surface area (Å²) in [6.45, 7) is 0.0626. The second kappa shape index (κ2) is 5.72. The lowest BCUT2D eigenvalue weighted by molar-refractivity contribution is -0.137. The van der Waals surface area contributed by atoms with Crippen molar-refractivity contribution in [3.05, 3.63) is 16.7 Å². The van der Waals surface area contributed by atoms with E-state index in [9.17, 15) is 18.0 Å². The van der Waals surface area contributed by atoms with Gasteiger partial charge in [-0.2, -0.15) is 0 Å². The molecule has 0 amide bonds. The number of carbonyl (C=O) groups is 1. The number of aromatic nitrogens is 2. The second-order valence-electron chi connectivity index (χ2n) is 4.65. The Morgan fingerprint density at radius 2 is 2.33 bits per heavy atom. The van der Waals surface area contributed by atoms with Gasteiger partial charge in [0.05, 0.1) is 37.4 Å². The number of methoxy groups -OCH3 is 1. The Morgan fingerprint density at radius 1 is 1.62 bits per heavy atom. The lowest BCUT2D eigenvalue weighted by Gasteiger charge is -2.35. The number of rotatable bonds is 4. The average molecular weight is 317 g/mol. The highest BCUT2D eigenvalue weighted by Gasteiger charge is 2.35. The fraction of sp³-hybridized carbons (Fsp3) is 0.545. The molecule has 116 valence electrons. The minimum absolute atomic E-state index is 0.0626. The van der Waals surface area contributed by atoms with Crippen molar-refractivity contribution < 1.29 is 23.1 Å². The highest BCUT2D eigenvalue weighted by Crippen LogP contribution is 2.27. The minimum atomic E-state index is -3.31. The van der Waals surface area contributed by atoms with Gasteiger partial charge >= 0.3 is 5.97 Å². The standard InChI is InChI=1S/C11H15N3O6S/c1-20-9-10(12-6-13-11(9)17)14-2-3-21(18,19)5-7(14)4-8(15)16/h6-7H,2-5H2,1H3,(H,15,16)(H,12,13,17). The fourth-order valence-corrected chi connectivity index (χ4v) is 3.83. The highest BCUT2D eigenvalue weighted by molar-refractivity contribution is 7.91. The van der Waals surface area contributed by atoms with Crippen LogP contribution in [-0.4, -0.2) is 60.7 Å². The Hall–Kier alpha value is -2.10. The molecule has 1 atom stereocenters. The number of aliphatic carboxylic acids is 1. The van der Waals surface area contributed by atoms with E-state index < -0.39 is 27.4 Å². The molecule has 1 aliphatic rings. The van der Waals surface area contributed by atoms with E-state index in [4.69, 9.17) is 9.84 Å². The molecule has 1 aliphatic heterocycles. The van der Waals surface area contributed by atoms with Gasteiger partial charge in [0, 0.05) is 6.54 Å². The number of hydrogen-bond donors (Lipinski definition) is 2. The van der Waals surface area contributed by atoms with Gasteiger partial charge in [0.2, 0.25) is 5.75 Å². The summed E-state index contributed by atoms with van der Waals surface area (Å²) in [7, 11) is -2.01. The molecule has 1 fully saturated rings. The Morgan fingerprint density at radius 3 is 2.95 bits per heavy atom. The van der Waals surface area contributed by atoms with E-state index in [2.05, 4.69) is 9.97 Å². The van der Waals surface area contributed by atoms with Gasteiger partial charge in [0.15, 0.2) is 15.7 Å². The number of H-pyrrole nitrogens is 1. The van der Waals surface area contributed by atoms with Gasteiger partial charge in [-0.15, -0.1) is 0 Å². The fourth-order valence-electron chi connectivity index (χ4n) is 2.30. The molecule has 1 saturated heterocycles. The molecule has 0 aliphatic carbocycles. The number of hydrogen-bond acceptors (Lipinski definition) is 7. The third-order valence-corrected chi connectivity index (χ3v) is 4.91. The monoisotopic (exact) mass is 317 g/mol. The van der Waals surface area contributed by atoms with E-state index in [1.54, 1.807) is 0 Å². The van der Waals surface area contributed by atoms with Crippen molar-refractivity contribution in [3.63, 3.8) is 0 Å². The number of aromatic amines is 1. The van der Waals surface area contributed by atoms with Crippen molar-refractivity contribution in [1.82, 2.24) is 9.97 Å². The summed E-state index contributed by atoms with van der Waals surface area (Å²) in [5, 5.41) is 8.94. The number of nitrogens with zero attached hydrogens (tertiary/aromatic N) is 2. The normalized spacial score (nSPS) is 21.0. The van der Waals surface area contributed by atoms with Gasteiger partial charge in [-0.3, -0.25) is 9.59 Å². The number of nitrogens with one attached hydrogen (secondary N) is 1. The molecule has 2 heterocycles. The smallest absolute Gasteiger partial charge is 0.305 e. The van der Waals surface area contributed by atoms with Crippen molar-refractivity contribution in [3.8, 4) is 5.75 Å². The molecule has 2 rings (SSSR count). The van der Waals surface area contributed by atoms with Crippen molar-refractivity contribution in [1.29, 1.82) is 0 Å². The first-order valence-electron chi connectivity index (χ1n) is 6.14. The van der Waals surface area contributed by atoms with E-state index in [0.29, 0.717) is 0 Å². The molecule has 0 spiro atoms. The summed E-state index contributed by atoms with van der Waals surface area (Å²) < 4.78 is 28.4. The molecule has 2 N–H and O–H groups in total. The summed E-state index contributed by atoms with van der Waals surface area (Å²) in [6, 6.07) is -0.788. The number of carboxylic acids is 1. The molecule has 1 aromatic heterocycles. The van der Waals surface area contributed by atoms with Crippen molar-refractivity contribution >= 4 is 21.6 Å². The molecule has 0 saturated carbocycles. The highest BCUT2D eigenvalue weighted by atomic mass is 32.2. The topological polar surface area (TPSA) is 130 Å². The maximum Gasteiger partial charge on any atom is 0.305 e. The molecule has 10 heteroatoms. The Balaban J connectivity index is 2.43. The molecule has 0 bridgehead atoms. The molecule has 1 aromatic rings. The molecule has 0 radical (unpaired) electrons. The van der Waals surface area contributed by atoms with Gasteiger partial charge in [-0.1, -0.05) is 0 Å². The van der Waals surface area contributed by atoms with Crippen LogP contribution in [-0.2, 0) is 14.6 Å². The number of carboxylic acid groups (broad SMARTS) is 1. The summed E-state index contributed by atoms with van der Waals surface area (Å²) in [4.78, 5) is 30.5. The van der Waals surface area contributed by atoms with Crippen molar-refractivity contribution in [2.45, 2.75) is 12.5 Å². The largest absolute Gasteiger partial charge is 0.489 e. The zero-order valence-corrected chi connectivity index (χ0v) is 12.1. The Bertz CT molecular complexity index is 698. The van der Waals surface area contributed by atoms with Crippen molar-refractivity contribution in [2.24, 2.45) is 0 Å². The van der Waals surface area contributed by atoms with Gasteiger partial charge < -0.3 is 19.7 Å². The summed E-state index contributed by atoms with van der Waals surface area (Å²) >= 11 is 0. The van der Waals surface area contributed by atoms with Crippen LogP contribution in [0.25, 0.3) is 0 Å². The van der Waals surface area contributed by atoms with E-state index >= 15 is 0 Å². The molecule has 21 heavy (non-hydrogen) atoms. The zero-order valence-electron chi connectivity index (χ0n) is 11.3. The van der Waals surface area contributed by atoms with E-state index in [0.717, 1.165) is 0 Å². The van der Waals surface area contributed by atoms with Gasteiger partial charge in [-0.05, 0) is 0 Å². The number of ether oxygens (including phenoxy) is 1. The summed E-state index contributed by atoms with van der Waals surface area (Å²) in [5.74, 6) is -1.45. The predicted octanol–water partition coefficient (Wildman–Crippen LogP) is -1.14. The maximum atomic E-state index is 11.7. The Labute approximate surface area is 120 Å². The molecule has 9 nitrogen and oxygen atoms in total. The van der Waals surface area contributed by atoms with Gasteiger partial charge in [0.25, 0.3) is 5.56 Å². The Kier molecular flexibility index (Phi) is 4.16.